The third-order valence-electron chi connectivity index (χ3n) is 3.84. The highest BCUT2D eigenvalue weighted by Gasteiger charge is 2.12. The van der Waals surface area contributed by atoms with E-state index in [-0.39, 0.29) is 5.91 Å². The predicted octanol–water partition coefficient (Wildman–Crippen LogP) is 8.12. The second kappa shape index (κ2) is 23.7. The molecule has 1 amide bonds. The number of carbonyl (C=O) groups is 1. The van der Waals surface area contributed by atoms with Gasteiger partial charge in [0.2, 0.25) is 5.91 Å². The minimum atomic E-state index is 0.0552. The molecule has 0 radical (unpaired) electrons. The van der Waals surface area contributed by atoms with E-state index in [4.69, 9.17) is 4.74 Å². The number of hydrogen-bond acceptors (Lipinski definition) is 3. The summed E-state index contributed by atoms with van der Waals surface area (Å²) in [5.41, 5.74) is 2.26. The van der Waals surface area contributed by atoms with Crippen LogP contribution in [0.1, 0.15) is 109 Å². The highest BCUT2D eigenvalue weighted by Crippen LogP contribution is 2.28. The van der Waals surface area contributed by atoms with Gasteiger partial charge in [0.25, 0.3) is 0 Å². The zero-order valence-electron chi connectivity index (χ0n) is 20.2. The van der Waals surface area contributed by atoms with Crippen molar-refractivity contribution in [1.29, 1.82) is 0 Å². The summed E-state index contributed by atoms with van der Waals surface area (Å²) in [4.78, 5) is 12.2. The molecule has 1 heterocycles. The van der Waals surface area contributed by atoms with Gasteiger partial charge in [-0.2, -0.15) is 0 Å². The minimum Gasteiger partial charge on any atom is -0.496 e. The van der Waals surface area contributed by atoms with Crippen LogP contribution in [0, 0.1) is 6.92 Å². The number of unbranched alkanes of at least 4 members (excludes halogenated alkanes) is 5. The van der Waals surface area contributed by atoms with Crippen molar-refractivity contribution in [1.82, 2.24) is 5.32 Å². The van der Waals surface area contributed by atoms with E-state index in [0.717, 1.165) is 16.0 Å². The molecule has 0 atom stereocenters. The number of aryl methyl sites for hydroxylation is 1. The van der Waals surface area contributed by atoms with Crippen LogP contribution in [0.5, 0.6) is 0 Å². The molecule has 0 aliphatic rings. The Morgan fingerprint density at radius 3 is 1.93 bits per heavy atom. The number of nitrogens with one attached hydrogen (secondary N) is 1. The first kappa shape index (κ1) is 31.4. The van der Waals surface area contributed by atoms with E-state index in [9.17, 15) is 4.79 Å². The van der Waals surface area contributed by atoms with E-state index in [1.54, 1.807) is 18.4 Å². The van der Waals surface area contributed by atoms with Crippen molar-refractivity contribution >= 4 is 23.0 Å². The standard InChI is InChI=1S/C12H17NO2S.C8H18.2C2H6/c1-5-11(14)13-6-10-8(2)7-16-12(10)9(3)15-4;1-3-5-7-8-6-4-2;2*1-2/h7H,3,5-6H2,1-2,4H3,(H,13,14);3-8H2,1-2H3;2*1-2H3. The summed E-state index contributed by atoms with van der Waals surface area (Å²) in [7, 11) is 1.60. The summed E-state index contributed by atoms with van der Waals surface area (Å²) in [6, 6.07) is 0. The highest BCUT2D eigenvalue weighted by molar-refractivity contribution is 7.11. The Balaban J connectivity index is -0.000000440. The maximum absolute atomic E-state index is 11.2. The highest BCUT2D eigenvalue weighted by atomic mass is 32.1. The smallest absolute Gasteiger partial charge is 0.219 e. The molecule has 3 nitrogen and oxygen atoms in total. The maximum atomic E-state index is 11.2. The summed E-state index contributed by atoms with van der Waals surface area (Å²) in [5, 5.41) is 4.91. The number of hydrogen-bond donors (Lipinski definition) is 1. The van der Waals surface area contributed by atoms with Crippen molar-refractivity contribution in [3.8, 4) is 0 Å². The normalized spacial score (nSPS) is 8.89. The fourth-order valence-electron chi connectivity index (χ4n) is 2.18. The number of methoxy groups -OCH3 is 1. The molecule has 0 aromatic carbocycles. The van der Waals surface area contributed by atoms with Crippen LogP contribution < -0.4 is 5.32 Å². The summed E-state index contributed by atoms with van der Waals surface area (Å²) in [6.45, 7) is 20.8. The van der Waals surface area contributed by atoms with Crippen LogP contribution >= 0.6 is 11.3 Å². The van der Waals surface area contributed by atoms with Crippen LogP contribution in [0.3, 0.4) is 0 Å². The van der Waals surface area contributed by atoms with E-state index >= 15 is 0 Å². The molecule has 0 bridgehead atoms. The van der Waals surface area contributed by atoms with Gasteiger partial charge in [-0.25, -0.2) is 0 Å². The van der Waals surface area contributed by atoms with Gasteiger partial charge in [0, 0.05) is 13.0 Å². The zero-order chi connectivity index (χ0) is 22.4. The Hall–Kier alpha value is -1.29. The van der Waals surface area contributed by atoms with E-state index in [1.807, 2.05) is 46.9 Å². The molecular weight excluding hydrogens is 366 g/mol. The maximum Gasteiger partial charge on any atom is 0.219 e. The summed E-state index contributed by atoms with van der Waals surface area (Å²) in [5.74, 6) is 0.707. The zero-order valence-corrected chi connectivity index (χ0v) is 21.0. The van der Waals surface area contributed by atoms with Gasteiger partial charge in [0.05, 0.1) is 12.0 Å². The third-order valence-corrected chi connectivity index (χ3v) is 5.03. The molecule has 1 aromatic rings. The largest absolute Gasteiger partial charge is 0.496 e. The summed E-state index contributed by atoms with van der Waals surface area (Å²) in [6.07, 6.45) is 8.99. The lowest BCUT2D eigenvalue weighted by Crippen LogP contribution is -2.22. The van der Waals surface area contributed by atoms with Crippen molar-refractivity contribution in [3.05, 3.63) is 28.0 Å². The third kappa shape index (κ3) is 15.7. The Labute approximate surface area is 180 Å². The van der Waals surface area contributed by atoms with Crippen molar-refractivity contribution in [2.75, 3.05) is 7.11 Å². The molecule has 1 N–H and O–H groups in total. The quantitative estimate of drug-likeness (QED) is 0.310. The molecule has 0 spiro atoms. The van der Waals surface area contributed by atoms with E-state index in [0.29, 0.717) is 18.7 Å². The van der Waals surface area contributed by atoms with Crippen LogP contribution in [0.15, 0.2) is 12.0 Å². The van der Waals surface area contributed by atoms with Gasteiger partial charge in [0.15, 0.2) is 0 Å². The first-order valence-electron chi connectivity index (χ1n) is 11.1. The number of carbonyl (C=O) groups excluding carboxylic acids is 1. The second-order valence-electron chi connectivity index (χ2n) is 5.90. The summed E-state index contributed by atoms with van der Waals surface area (Å²) >= 11 is 1.59. The lowest BCUT2D eigenvalue weighted by molar-refractivity contribution is -0.120. The molecular formula is C24H47NO2S. The number of amides is 1. The number of rotatable bonds is 10. The van der Waals surface area contributed by atoms with Gasteiger partial charge in [0.1, 0.15) is 5.76 Å². The first-order valence-corrected chi connectivity index (χ1v) is 12.0. The average Bonchev–Trinajstić information content (AvgIpc) is 3.12. The van der Waals surface area contributed by atoms with Gasteiger partial charge in [-0.1, -0.05) is 93.6 Å². The molecule has 0 fully saturated rings. The first-order chi connectivity index (χ1) is 13.5. The van der Waals surface area contributed by atoms with Gasteiger partial charge < -0.3 is 10.1 Å². The molecule has 0 saturated heterocycles. The van der Waals surface area contributed by atoms with Crippen molar-refractivity contribution in [3.63, 3.8) is 0 Å². The fourth-order valence-corrected chi connectivity index (χ4v) is 3.21. The Kier molecular flexibility index (Phi) is 26.6. The van der Waals surface area contributed by atoms with Crippen molar-refractivity contribution < 1.29 is 9.53 Å². The van der Waals surface area contributed by atoms with Crippen LogP contribution in [0.2, 0.25) is 0 Å². The van der Waals surface area contributed by atoms with Crippen molar-refractivity contribution in [2.45, 2.75) is 107 Å². The average molecular weight is 414 g/mol. The monoisotopic (exact) mass is 413 g/mol. The Bertz CT molecular complexity index is 475. The topological polar surface area (TPSA) is 38.3 Å². The van der Waals surface area contributed by atoms with Crippen LogP contribution in [-0.4, -0.2) is 13.0 Å². The molecule has 0 unspecified atom stereocenters. The second-order valence-corrected chi connectivity index (χ2v) is 6.78. The molecule has 1 rings (SSSR count). The van der Waals surface area contributed by atoms with E-state index < -0.39 is 0 Å². The molecule has 0 saturated carbocycles. The van der Waals surface area contributed by atoms with E-state index in [1.165, 1.54) is 38.5 Å². The van der Waals surface area contributed by atoms with Crippen molar-refractivity contribution in [2.24, 2.45) is 0 Å². The molecule has 4 heteroatoms. The molecule has 1 aromatic heterocycles. The van der Waals surface area contributed by atoms with Gasteiger partial charge in [-0.3, -0.25) is 4.79 Å². The molecule has 0 aliphatic heterocycles. The minimum absolute atomic E-state index is 0.0552. The molecule has 28 heavy (non-hydrogen) atoms. The lowest BCUT2D eigenvalue weighted by Gasteiger charge is -2.08. The lowest BCUT2D eigenvalue weighted by atomic mass is 10.1. The van der Waals surface area contributed by atoms with Crippen LogP contribution in [0.4, 0.5) is 0 Å². The SMILES string of the molecule is C=C(OC)c1scc(C)c1CNC(=O)CC.CC.CC.CCCCCCCC. The molecule has 166 valence electrons. The fraction of sp³-hybridized carbons (Fsp3) is 0.708. The van der Waals surface area contributed by atoms with Gasteiger partial charge in [-0.15, -0.1) is 11.3 Å². The van der Waals surface area contributed by atoms with Crippen LogP contribution in [-0.2, 0) is 16.1 Å². The Morgan fingerprint density at radius 1 is 1.04 bits per heavy atom. The van der Waals surface area contributed by atoms with Gasteiger partial charge >= 0.3 is 0 Å². The van der Waals surface area contributed by atoms with Gasteiger partial charge in [-0.05, 0) is 23.4 Å². The Morgan fingerprint density at radius 2 is 1.54 bits per heavy atom. The summed E-state index contributed by atoms with van der Waals surface area (Å²) < 4.78 is 5.13. The van der Waals surface area contributed by atoms with Crippen LogP contribution in [0.25, 0.3) is 5.76 Å². The number of ether oxygens (including phenoxy) is 1. The number of thiophene rings is 1. The molecule has 0 aliphatic carbocycles. The van der Waals surface area contributed by atoms with E-state index in [2.05, 4.69) is 25.7 Å². The predicted molar refractivity (Wildman–Crippen MR) is 129 cm³/mol.